The largest absolute Gasteiger partial charge is 0.495 e. The Morgan fingerprint density at radius 2 is 2.05 bits per heavy atom. The average Bonchev–Trinajstić information content (AvgIpc) is 3.28. The molecule has 1 N–H and O–H groups in total. The number of methoxy groups -OCH3 is 1. The van der Waals surface area contributed by atoms with E-state index in [1.807, 2.05) is 13.8 Å². The third-order valence-corrected chi connectivity index (χ3v) is 4.81. The van der Waals surface area contributed by atoms with E-state index in [1.54, 1.807) is 12.1 Å². The molecule has 1 aliphatic carbocycles. The van der Waals surface area contributed by atoms with E-state index in [2.05, 4.69) is 4.72 Å². The normalized spacial score (nSPS) is 15.2. The van der Waals surface area contributed by atoms with Crippen molar-refractivity contribution in [1.82, 2.24) is 4.72 Å². The molecule has 2 rings (SSSR count). The van der Waals surface area contributed by atoms with Crippen LogP contribution in [0.25, 0.3) is 0 Å². The number of Topliss-reactive ketones (excluding diaryl/α,β-unsaturated/α-hetero) is 1. The molecule has 0 heterocycles. The summed E-state index contributed by atoms with van der Waals surface area (Å²) in [6.45, 7) is 4.19. The van der Waals surface area contributed by atoms with Crippen LogP contribution < -0.4 is 9.46 Å². The number of hydrogen-bond donors (Lipinski definition) is 1. The minimum atomic E-state index is -3.69. The summed E-state index contributed by atoms with van der Waals surface area (Å²) in [5.41, 5.74) is 0.434. The number of ketones is 1. The molecule has 1 saturated carbocycles. The van der Waals surface area contributed by atoms with Crippen LogP contribution in [0.1, 0.15) is 37.0 Å². The van der Waals surface area contributed by atoms with Crippen LogP contribution in [0.2, 0.25) is 0 Å². The Morgan fingerprint density at radius 3 is 2.57 bits per heavy atom. The summed E-state index contributed by atoms with van der Waals surface area (Å²) in [4.78, 5) is 12.1. The molecule has 1 aromatic rings. The summed E-state index contributed by atoms with van der Waals surface area (Å²) >= 11 is 0. The number of carbonyl (C=O) groups is 1. The summed E-state index contributed by atoms with van der Waals surface area (Å²) in [6.07, 6.45) is 1.77. The van der Waals surface area contributed by atoms with Gasteiger partial charge in [-0.25, -0.2) is 13.1 Å². The zero-order valence-electron chi connectivity index (χ0n) is 12.5. The van der Waals surface area contributed by atoms with Gasteiger partial charge in [-0.15, -0.1) is 0 Å². The van der Waals surface area contributed by atoms with Crippen molar-refractivity contribution in [1.29, 1.82) is 0 Å². The minimum absolute atomic E-state index is 0.0120. The Bertz CT molecular complexity index is 633. The zero-order chi connectivity index (χ0) is 15.6. The smallest absolute Gasteiger partial charge is 0.244 e. The molecular formula is C15H21NO4S. The summed E-state index contributed by atoms with van der Waals surface area (Å²) in [7, 11) is -2.27. The molecule has 0 unspecified atom stereocenters. The number of sulfonamides is 1. The van der Waals surface area contributed by atoms with Gasteiger partial charge in [-0.1, -0.05) is 13.8 Å². The SMILES string of the molecule is COc1ccc(C(=O)C2CC2)cc1S(=O)(=O)NCC(C)C. The first-order chi connectivity index (χ1) is 9.85. The fourth-order valence-corrected chi connectivity index (χ4v) is 3.38. The van der Waals surface area contributed by atoms with Gasteiger partial charge in [0.15, 0.2) is 5.78 Å². The second-order valence-electron chi connectivity index (χ2n) is 5.75. The molecule has 0 bridgehead atoms. The molecule has 5 nitrogen and oxygen atoms in total. The van der Waals surface area contributed by atoms with Crippen molar-refractivity contribution in [2.45, 2.75) is 31.6 Å². The van der Waals surface area contributed by atoms with Crippen molar-refractivity contribution in [3.63, 3.8) is 0 Å². The van der Waals surface area contributed by atoms with Crippen LogP contribution in [0.15, 0.2) is 23.1 Å². The van der Waals surface area contributed by atoms with Gasteiger partial charge in [0.2, 0.25) is 10.0 Å². The maximum Gasteiger partial charge on any atom is 0.244 e. The molecule has 21 heavy (non-hydrogen) atoms. The van der Waals surface area contributed by atoms with Crippen LogP contribution in [0.5, 0.6) is 5.75 Å². The monoisotopic (exact) mass is 311 g/mol. The van der Waals surface area contributed by atoms with E-state index in [0.717, 1.165) is 12.8 Å². The maximum absolute atomic E-state index is 12.4. The molecule has 0 aromatic heterocycles. The highest BCUT2D eigenvalue weighted by atomic mass is 32.2. The van der Waals surface area contributed by atoms with Crippen LogP contribution in [0.4, 0.5) is 0 Å². The van der Waals surface area contributed by atoms with Crippen molar-refractivity contribution < 1.29 is 17.9 Å². The molecule has 0 aliphatic heterocycles. The zero-order valence-corrected chi connectivity index (χ0v) is 13.4. The highest BCUT2D eigenvalue weighted by Crippen LogP contribution is 2.34. The topological polar surface area (TPSA) is 72.5 Å². The quantitative estimate of drug-likeness (QED) is 0.784. The van der Waals surface area contributed by atoms with E-state index in [9.17, 15) is 13.2 Å². The van der Waals surface area contributed by atoms with Crippen molar-refractivity contribution >= 4 is 15.8 Å². The second kappa shape index (κ2) is 6.15. The van der Waals surface area contributed by atoms with E-state index in [-0.39, 0.29) is 28.3 Å². The number of rotatable bonds is 7. The predicted molar refractivity (Wildman–Crippen MR) is 80.1 cm³/mol. The van der Waals surface area contributed by atoms with E-state index < -0.39 is 10.0 Å². The summed E-state index contributed by atoms with van der Waals surface area (Å²) in [5, 5.41) is 0. The standard InChI is InChI=1S/C15H21NO4S/c1-10(2)9-16-21(18,19)14-8-12(6-7-13(14)20-3)15(17)11-4-5-11/h6-8,10-11,16H,4-5,9H2,1-3H3. The maximum atomic E-state index is 12.4. The minimum Gasteiger partial charge on any atom is -0.495 e. The number of nitrogens with one attached hydrogen (secondary N) is 1. The highest BCUT2D eigenvalue weighted by Gasteiger charge is 2.31. The van der Waals surface area contributed by atoms with E-state index >= 15 is 0 Å². The van der Waals surface area contributed by atoms with Gasteiger partial charge >= 0.3 is 0 Å². The molecule has 6 heteroatoms. The lowest BCUT2D eigenvalue weighted by molar-refractivity contribution is 0.0967. The predicted octanol–water partition coefficient (Wildman–Crippen LogP) is 2.22. The third-order valence-electron chi connectivity index (χ3n) is 3.37. The van der Waals surface area contributed by atoms with Gasteiger partial charge in [0.05, 0.1) is 7.11 Å². The lowest BCUT2D eigenvalue weighted by Crippen LogP contribution is -2.28. The van der Waals surface area contributed by atoms with Crippen LogP contribution in [-0.2, 0) is 10.0 Å². The van der Waals surface area contributed by atoms with Gasteiger partial charge in [-0.3, -0.25) is 4.79 Å². The Kier molecular flexibility index (Phi) is 4.68. The average molecular weight is 311 g/mol. The first-order valence-electron chi connectivity index (χ1n) is 7.07. The molecule has 116 valence electrons. The van der Waals surface area contributed by atoms with Crippen molar-refractivity contribution in [3.8, 4) is 5.75 Å². The van der Waals surface area contributed by atoms with Crippen molar-refractivity contribution in [3.05, 3.63) is 23.8 Å². The molecule has 0 amide bonds. The Morgan fingerprint density at radius 1 is 1.38 bits per heavy atom. The summed E-state index contributed by atoms with van der Waals surface area (Å²) < 4.78 is 32.4. The molecule has 0 radical (unpaired) electrons. The third kappa shape index (κ3) is 3.83. The molecule has 1 fully saturated rings. The summed E-state index contributed by atoms with van der Waals surface area (Å²) in [5.74, 6) is 0.510. The van der Waals surface area contributed by atoms with Gasteiger partial charge in [0.25, 0.3) is 0 Å². The fourth-order valence-electron chi connectivity index (χ4n) is 1.98. The van der Waals surface area contributed by atoms with E-state index in [4.69, 9.17) is 4.74 Å². The van der Waals surface area contributed by atoms with E-state index in [1.165, 1.54) is 13.2 Å². The Balaban J connectivity index is 2.35. The molecular weight excluding hydrogens is 290 g/mol. The van der Waals surface area contributed by atoms with Crippen LogP contribution in [0, 0.1) is 11.8 Å². The number of benzene rings is 1. The van der Waals surface area contributed by atoms with Gasteiger partial charge < -0.3 is 4.74 Å². The second-order valence-corrected chi connectivity index (χ2v) is 7.49. The summed E-state index contributed by atoms with van der Waals surface area (Å²) in [6, 6.07) is 4.59. The van der Waals surface area contributed by atoms with Gasteiger partial charge in [-0.05, 0) is 37.0 Å². The van der Waals surface area contributed by atoms with Crippen LogP contribution in [0.3, 0.4) is 0 Å². The Hall–Kier alpha value is -1.40. The Labute approximate surface area is 125 Å². The molecule has 1 aliphatic rings. The van der Waals surface area contributed by atoms with Crippen molar-refractivity contribution in [2.75, 3.05) is 13.7 Å². The van der Waals surface area contributed by atoms with Crippen LogP contribution >= 0.6 is 0 Å². The lowest BCUT2D eigenvalue weighted by atomic mass is 10.1. The lowest BCUT2D eigenvalue weighted by Gasteiger charge is -2.13. The van der Waals surface area contributed by atoms with Gasteiger partial charge in [0, 0.05) is 18.0 Å². The fraction of sp³-hybridized carbons (Fsp3) is 0.533. The van der Waals surface area contributed by atoms with E-state index in [0.29, 0.717) is 12.1 Å². The number of ether oxygens (including phenoxy) is 1. The first-order valence-corrected chi connectivity index (χ1v) is 8.55. The highest BCUT2D eigenvalue weighted by molar-refractivity contribution is 7.89. The molecule has 0 spiro atoms. The first kappa shape index (κ1) is 16.0. The number of hydrogen-bond acceptors (Lipinski definition) is 4. The number of carbonyl (C=O) groups excluding carboxylic acids is 1. The van der Waals surface area contributed by atoms with Gasteiger partial charge in [-0.2, -0.15) is 0 Å². The van der Waals surface area contributed by atoms with Crippen molar-refractivity contribution in [2.24, 2.45) is 11.8 Å². The van der Waals surface area contributed by atoms with Gasteiger partial charge in [0.1, 0.15) is 10.6 Å². The molecule has 0 saturated heterocycles. The van der Waals surface area contributed by atoms with Crippen LogP contribution in [-0.4, -0.2) is 27.9 Å². The molecule has 1 aromatic carbocycles. The molecule has 0 atom stereocenters.